The highest BCUT2D eigenvalue weighted by Crippen LogP contribution is 2.29. The molecule has 2 rings (SSSR count). The van der Waals surface area contributed by atoms with Gasteiger partial charge in [-0.1, -0.05) is 12.1 Å². The summed E-state index contributed by atoms with van der Waals surface area (Å²) in [7, 11) is 0. The van der Waals surface area contributed by atoms with Crippen molar-refractivity contribution in [2.45, 2.75) is 6.18 Å². The van der Waals surface area contributed by atoms with Gasteiger partial charge in [0.25, 0.3) is 0 Å². The van der Waals surface area contributed by atoms with Crippen LogP contribution in [-0.4, -0.2) is 21.4 Å². The molecule has 2 aromatic rings. The summed E-state index contributed by atoms with van der Waals surface area (Å²) in [5, 5.41) is 9.22. The summed E-state index contributed by atoms with van der Waals surface area (Å²) in [6, 6.07) is 4.66. The number of H-pyrrole nitrogens is 1. The van der Waals surface area contributed by atoms with E-state index in [1.54, 1.807) is 0 Å². The molecule has 20 heavy (non-hydrogen) atoms. The lowest BCUT2D eigenvalue weighted by molar-refractivity contribution is -0.137. The topological polar surface area (TPSA) is 83.0 Å². The van der Waals surface area contributed by atoms with Gasteiger partial charge in [-0.2, -0.15) is 28.4 Å². The number of alkyl halides is 3. The van der Waals surface area contributed by atoms with Crippen molar-refractivity contribution in [1.82, 2.24) is 15.2 Å². The van der Waals surface area contributed by atoms with E-state index >= 15 is 0 Å². The van der Waals surface area contributed by atoms with Crippen LogP contribution in [0.25, 0.3) is 0 Å². The van der Waals surface area contributed by atoms with E-state index in [4.69, 9.17) is 0 Å². The summed E-state index contributed by atoms with van der Waals surface area (Å²) in [5.41, 5.74) is 1.21. The van der Waals surface area contributed by atoms with Gasteiger partial charge >= 0.3 is 11.9 Å². The maximum atomic E-state index is 12.5. The van der Waals surface area contributed by atoms with Gasteiger partial charge in [-0.3, -0.25) is 5.43 Å². The van der Waals surface area contributed by atoms with Crippen LogP contribution in [0.15, 0.2) is 40.4 Å². The summed E-state index contributed by atoms with van der Waals surface area (Å²) in [5.74, 6) is 0.0805. The standard InChI is InChI=1S/C11H8F3N5O/c12-11(13,14)8-3-1-2-7(4-8)5-15-18-9-6-16-19-10(20)17-9/h1-6H,(H2,17,18,19,20)/b15-5+. The number of nitrogens with zero attached hydrogens (tertiary/aromatic N) is 3. The molecule has 0 aliphatic carbocycles. The van der Waals surface area contributed by atoms with Crippen LogP contribution in [0.5, 0.6) is 0 Å². The second-order valence-corrected chi connectivity index (χ2v) is 3.67. The van der Waals surface area contributed by atoms with E-state index in [0.717, 1.165) is 12.1 Å². The molecule has 0 bridgehead atoms. The molecule has 104 valence electrons. The van der Waals surface area contributed by atoms with Gasteiger partial charge in [0.2, 0.25) is 0 Å². The molecule has 0 radical (unpaired) electrons. The number of aromatic nitrogens is 3. The highest BCUT2D eigenvalue weighted by Gasteiger charge is 2.30. The minimum Gasteiger partial charge on any atom is -0.260 e. The van der Waals surface area contributed by atoms with E-state index in [0.29, 0.717) is 0 Å². The summed E-state index contributed by atoms with van der Waals surface area (Å²) >= 11 is 0. The van der Waals surface area contributed by atoms with Crippen LogP contribution in [0.4, 0.5) is 19.0 Å². The lowest BCUT2D eigenvalue weighted by Crippen LogP contribution is -2.13. The predicted molar refractivity (Wildman–Crippen MR) is 65.3 cm³/mol. The number of hydrogen-bond acceptors (Lipinski definition) is 5. The fourth-order valence-electron chi connectivity index (χ4n) is 1.33. The Morgan fingerprint density at radius 2 is 2.15 bits per heavy atom. The Kier molecular flexibility index (Phi) is 3.78. The number of hydrazone groups is 1. The van der Waals surface area contributed by atoms with E-state index < -0.39 is 17.4 Å². The Hall–Kier alpha value is -2.71. The number of aromatic amines is 1. The van der Waals surface area contributed by atoms with E-state index in [1.807, 2.05) is 0 Å². The SMILES string of the molecule is O=c1nc(N/N=C/c2cccc(C(F)(F)F)c2)cn[nH]1. The molecular weight excluding hydrogens is 275 g/mol. The van der Waals surface area contributed by atoms with Crippen LogP contribution in [0.3, 0.4) is 0 Å². The summed E-state index contributed by atoms with van der Waals surface area (Å²) in [4.78, 5) is 14.3. The van der Waals surface area contributed by atoms with Crippen LogP contribution >= 0.6 is 0 Å². The van der Waals surface area contributed by atoms with Crippen molar-refractivity contribution in [1.29, 1.82) is 0 Å². The highest BCUT2D eigenvalue weighted by molar-refractivity contribution is 5.80. The van der Waals surface area contributed by atoms with Gasteiger partial charge in [0, 0.05) is 0 Å². The molecule has 1 heterocycles. The van der Waals surface area contributed by atoms with Gasteiger partial charge in [-0.05, 0) is 17.7 Å². The van der Waals surface area contributed by atoms with E-state index in [2.05, 4.69) is 25.7 Å². The molecule has 0 amide bonds. The fourth-order valence-corrected chi connectivity index (χ4v) is 1.33. The van der Waals surface area contributed by atoms with Crippen LogP contribution in [-0.2, 0) is 6.18 Å². The maximum Gasteiger partial charge on any atom is 0.416 e. The molecule has 0 aliphatic rings. The largest absolute Gasteiger partial charge is 0.416 e. The Balaban J connectivity index is 2.10. The molecule has 0 saturated carbocycles. The van der Waals surface area contributed by atoms with Gasteiger partial charge < -0.3 is 0 Å². The maximum absolute atomic E-state index is 12.5. The molecule has 6 nitrogen and oxygen atoms in total. The Labute approximate surface area is 110 Å². The quantitative estimate of drug-likeness (QED) is 0.662. The second-order valence-electron chi connectivity index (χ2n) is 3.67. The molecule has 0 aliphatic heterocycles. The van der Waals surface area contributed by atoms with E-state index in [1.165, 1.54) is 24.5 Å². The van der Waals surface area contributed by atoms with Crippen LogP contribution < -0.4 is 11.1 Å². The zero-order valence-electron chi connectivity index (χ0n) is 9.85. The third-order valence-corrected chi connectivity index (χ3v) is 2.18. The highest BCUT2D eigenvalue weighted by atomic mass is 19.4. The van der Waals surface area contributed by atoms with Crippen molar-refractivity contribution < 1.29 is 13.2 Å². The van der Waals surface area contributed by atoms with Crippen molar-refractivity contribution in [3.05, 3.63) is 52.1 Å². The molecule has 0 saturated heterocycles. The average molecular weight is 283 g/mol. The summed E-state index contributed by atoms with van der Waals surface area (Å²) < 4.78 is 37.4. The number of halogens is 3. The first-order chi connectivity index (χ1) is 9.45. The van der Waals surface area contributed by atoms with Crippen LogP contribution in [0.1, 0.15) is 11.1 Å². The predicted octanol–water partition coefficient (Wildman–Crippen LogP) is 1.63. The number of rotatable bonds is 3. The molecule has 1 aromatic carbocycles. The van der Waals surface area contributed by atoms with Crippen molar-refractivity contribution in [2.24, 2.45) is 5.10 Å². The van der Waals surface area contributed by atoms with Crippen molar-refractivity contribution in [2.75, 3.05) is 5.43 Å². The molecule has 1 aromatic heterocycles. The zero-order chi connectivity index (χ0) is 14.6. The molecule has 9 heteroatoms. The van der Waals surface area contributed by atoms with Gasteiger partial charge in [0.05, 0.1) is 18.0 Å². The smallest absolute Gasteiger partial charge is 0.260 e. The zero-order valence-corrected chi connectivity index (χ0v) is 9.85. The van der Waals surface area contributed by atoms with E-state index in [-0.39, 0.29) is 11.4 Å². The lowest BCUT2D eigenvalue weighted by atomic mass is 10.1. The number of hydrogen-bond donors (Lipinski definition) is 2. The number of anilines is 1. The van der Waals surface area contributed by atoms with Gasteiger partial charge in [-0.15, -0.1) is 0 Å². The summed E-state index contributed by atoms with van der Waals surface area (Å²) in [6.45, 7) is 0. The van der Waals surface area contributed by atoms with Crippen molar-refractivity contribution in [3.8, 4) is 0 Å². The first-order valence-electron chi connectivity index (χ1n) is 5.33. The van der Waals surface area contributed by atoms with Crippen molar-refractivity contribution >= 4 is 12.0 Å². The minimum atomic E-state index is -4.41. The first-order valence-corrected chi connectivity index (χ1v) is 5.33. The van der Waals surface area contributed by atoms with E-state index in [9.17, 15) is 18.0 Å². The molecule has 0 unspecified atom stereocenters. The molecule has 0 atom stereocenters. The minimum absolute atomic E-state index is 0.0805. The normalized spacial score (nSPS) is 11.8. The van der Waals surface area contributed by atoms with Gasteiger partial charge in [0.15, 0.2) is 5.82 Å². The Morgan fingerprint density at radius 3 is 2.85 bits per heavy atom. The Morgan fingerprint density at radius 1 is 1.35 bits per heavy atom. The van der Waals surface area contributed by atoms with Gasteiger partial charge in [0.1, 0.15) is 0 Å². The number of benzene rings is 1. The number of nitrogens with one attached hydrogen (secondary N) is 2. The van der Waals surface area contributed by atoms with Crippen LogP contribution in [0.2, 0.25) is 0 Å². The Bertz CT molecular complexity index is 680. The average Bonchev–Trinajstić information content (AvgIpc) is 2.38. The molecule has 2 N–H and O–H groups in total. The molecule has 0 fully saturated rings. The molecule has 0 spiro atoms. The monoisotopic (exact) mass is 283 g/mol. The third-order valence-electron chi connectivity index (χ3n) is 2.18. The van der Waals surface area contributed by atoms with Crippen molar-refractivity contribution in [3.63, 3.8) is 0 Å². The summed E-state index contributed by atoms with van der Waals surface area (Å²) in [6.07, 6.45) is -2.02. The van der Waals surface area contributed by atoms with Crippen LogP contribution in [0, 0.1) is 0 Å². The molecular formula is C11H8F3N5O. The first kappa shape index (κ1) is 13.7. The third kappa shape index (κ3) is 3.64. The lowest BCUT2D eigenvalue weighted by Gasteiger charge is -2.06. The van der Waals surface area contributed by atoms with Gasteiger partial charge in [-0.25, -0.2) is 9.89 Å². The fraction of sp³-hybridized carbons (Fsp3) is 0.0909. The second kappa shape index (κ2) is 5.51.